The van der Waals surface area contributed by atoms with E-state index in [1.807, 2.05) is 12.1 Å². The molecule has 4 heteroatoms. The molecule has 0 unspecified atom stereocenters. The Bertz CT molecular complexity index is 688. The molecule has 0 N–H and O–H groups in total. The van der Waals surface area contributed by atoms with Gasteiger partial charge >= 0.3 is 0 Å². The zero-order valence-corrected chi connectivity index (χ0v) is 11.7. The lowest BCUT2D eigenvalue weighted by atomic mass is 9.85. The van der Waals surface area contributed by atoms with Crippen molar-refractivity contribution in [3.8, 4) is 11.3 Å². The first-order valence-electron chi connectivity index (χ1n) is 6.92. The highest BCUT2D eigenvalue weighted by atomic mass is 35.5. The summed E-state index contributed by atoms with van der Waals surface area (Å²) in [5.74, 6) is 0.867. The fourth-order valence-electron chi connectivity index (χ4n) is 3.72. The van der Waals surface area contributed by atoms with Crippen molar-refractivity contribution in [1.29, 1.82) is 0 Å². The zero-order chi connectivity index (χ0) is 13.7. The largest absolute Gasteiger partial charge is 0.206 e. The van der Waals surface area contributed by atoms with Gasteiger partial charge < -0.3 is 0 Å². The molecule has 2 aliphatic rings. The third kappa shape index (κ3) is 1.56. The highest BCUT2D eigenvalue weighted by Crippen LogP contribution is 2.57. The van der Waals surface area contributed by atoms with Crippen LogP contribution in [0.1, 0.15) is 36.4 Å². The molecule has 1 aromatic carbocycles. The number of halogens is 2. The van der Waals surface area contributed by atoms with E-state index in [1.54, 1.807) is 12.1 Å². The number of hydrogen-bond acceptors (Lipinski definition) is 2. The van der Waals surface area contributed by atoms with Crippen LogP contribution in [0.15, 0.2) is 30.3 Å². The van der Waals surface area contributed by atoms with Crippen LogP contribution in [0, 0.1) is 5.82 Å². The van der Waals surface area contributed by atoms with E-state index >= 15 is 0 Å². The Balaban J connectivity index is 1.85. The molecule has 1 heterocycles. The average Bonchev–Trinajstić information content (AvgIpc) is 3.05. The number of benzene rings is 1. The van der Waals surface area contributed by atoms with Gasteiger partial charge in [-0.25, -0.2) is 4.39 Å². The van der Waals surface area contributed by atoms with Crippen molar-refractivity contribution in [2.45, 2.75) is 30.6 Å². The van der Waals surface area contributed by atoms with Gasteiger partial charge in [0.25, 0.3) is 0 Å². The second-order valence-electron chi connectivity index (χ2n) is 5.87. The number of nitrogens with zero attached hydrogens (tertiary/aromatic N) is 2. The molecule has 4 rings (SSSR count). The summed E-state index contributed by atoms with van der Waals surface area (Å²) in [7, 11) is 0. The Morgan fingerprint density at radius 2 is 2.15 bits per heavy atom. The van der Waals surface area contributed by atoms with E-state index in [4.69, 9.17) is 11.6 Å². The van der Waals surface area contributed by atoms with E-state index in [0.717, 1.165) is 25.0 Å². The maximum absolute atomic E-state index is 13.9. The molecule has 0 spiro atoms. The van der Waals surface area contributed by atoms with E-state index in [9.17, 15) is 4.39 Å². The van der Waals surface area contributed by atoms with Gasteiger partial charge in [0.2, 0.25) is 0 Å². The van der Waals surface area contributed by atoms with Gasteiger partial charge in [0, 0.05) is 16.9 Å². The fourth-order valence-corrected chi connectivity index (χ4v) is 4.09. The van der Waals surface area contributed by atoms with E-state index in [-0.39, 0.29) is 11.2 Å². The Hall–Kier alpha value is -1.48. The van der Waals surface area contributed by atoms with Crippen molar-refractivity contribution in [3.63, 3.8) is 0 Å². The number of rotatable bonds is 2. The zero-order valence-electron chi connectivity index (χ0n) is 10.9. The van der Waals surface area contributed by atoms with Crippen molar-refractivity contribution < 1.29 is 4.39 Å². The Morgan fingerprint density at radius 1 is 1.30 bits per heavy atom. The summed E-state index contributed by atoms with van der Waals surface area (Å²) in [5.41, 5.74) is 3.43. The molecule has 2 aliphatic carbocycles. The van der Waals surface area contributed by atoms with Crippen molar-refractivity contribution >= 4 is 11.6 Å². The highest BCUT2D eigenvalue weighted by Gasteiger charge is 2.50. The van der Waals surface area contributed by atoms with E-state index in [2.05, 4.69) is 10.2 Å². The van der Waals surface area contributed by atoms with Gasteiger partial charge in [0.15, 0.2) is 0 Å². The summed E-state index contributed by atoms with van der Waals surface area (Å²) in [5, 5.41) is 8.65. The molecule has 0 aliphatic heterocycles. The molecule has 0 amide bonds. The Labute approximate surface area is 122 Å². The monoisotopic (exact) mass is 288 g/mol. The number of alkyl halides is 1. The van der Waals surface area contributed by atoms with Gasteiger partial charge in [-0.3, -0.25) is 0 Å². The lowest BCUT2D eigenvalue weighted by molar-refractivity contribution is 0.491. The van der Waals surface area contributed by atoms with Gasteiger partial charge in [-0.2, -0.15) is 10.2 Å². The molecule has 1 aromatic heterocycles. The maximum Gasteiger partial charge on any atom is 0.132 e. The lowest BCUT2D eigenvalue weighted by Crippen LogP contribution is -2.25. The van der Waals surface area contributed by atoms with Crippen molar-refractivity contribution in [2.75, 3.05) is 5.88 Å². The third-order valence-electron chi connectivity index (χ3n) is 4.78. The average molecular weight is 289 g/mol. The minimum atomic E-state index is -0.253. The second kappa shape index (κ2) is 4.26. The second-order valence-corrected chi connectivity index (χ2v) is 6.13. The third-order valence-corrected chi connectivity index (χ3v) is 5.29. The van der Waals surface area contributed by atoms with Crippen molar-refractivity contribution in [1.82, 2.24) is 10.2 Å². The highest BCUT2D eigenvalue weighted by molar-refractivity contribution is 6.18. The van der Waals surface area contributed by atoms with Crippen LogP contribution in [0.4, 0.5) is 4.39 Å². The molecule has 1 saturated carbocycles. The molecule has 102 valence electrons. The summed E-state index contributed by atoms with van der Waals surface area (Å²) in [6.07, 6.45) is 3.32. The molecule has 2 bridgehead atoms. The topological polar surface area (TPSA) is 25.8 Å². The van der Waals surface area contributed by atoms with E-state index in [0.29, 0.717) is 23.1 Å². The molecule has 2 nitrogen and oxygen atoms in total. The molecular formula is C16H14ClFN2. The van der Waals surface area contributed by atoms with Crippen LogP contribution in [-0.4, -0.2) is 16.1 Å². The van der Waals surface area contributed by atoms with Crippen molar-refractivity contribution in [3.05, 3.63) is 47.4 Å². The molecule has 2 atom stereocenters. The lowest BCUT2D eigenvalue weighted by Gasteiger charge is -2.24. The van der Waals surface area contributed by atoms with Gasteiger partial charge in [-0.15, -0.1) is 11.6 Å². The van der Waals surface area contributed by atoms with Crippen LogP contribution in [0.5, 0.6) is 0 Å². The quantitative estimate of drug-likeness (QED) is 0.780. The van der Waals surface area contributed by atoms with Gasteiger partial charge in [-0.05, 0) is 48.9 Å². The number of hydrogen-bond donors (Lipinski definition) is 0. The normalized spacial score (nSPS) is 26.8. The van der Waals surface area contributed by atoms with Crippen molar-refractivity contribution in [2.24, 2.45) is 0 Å². The number of aromatic nitrogens is 2. The molecule has 0 saturated heterocycles. The predicted molar refractivity (Wildman–Crippen MR) is 76.4 cm³/mol. The summed E-state index contributed by atoms with van der Waals surface area (Å²) < 4.78 is 13.9. The predicted octanol–water partition coefficient (Wildman–Crippen LogP) is 4.04. The van der Waals surface area contributed by atoms with Crippen LogP contribution in [0.25, 0.3) is 11.3 Å². The standard InChI is InChI=1S/C16H14ClFN2/c17-9-16-6-5-10(8-16)12-7-14(19-20-15(12)16)11-3-1-2-4-13(11)18/h1-4,7,10H,5-6,8-9H2/t10-,16+/m0/s1. The fraction of sp³-hybridized carbons (Fsp3) is 0.375. The van der Waals surface area contributed by atoms with Crippen LogP contribution in [-0.2, 0) is 5.41 Å². The van der Waals surface area contributed by atoms with E-state index in [1.165, 1.54) is 11.6 Å². The molecule has 0 radical (unpaired) electrons. The SMILES string of the molecule is Fc1ccccc1-c1cc2c(nn1)[C@]1(CCl)CC[C@H]2C1. The molecule has 20 heavy (non-hydrogen) atoms. The van der Waals surface area contributed by atoms with Crippen LogP contribution < -0.4 is 0 Å². The van der Waals surface area contributed by atoms with E-state index < -0.39 is 0 Å². The first-order chi connectivity index (χ1) is 9.73. The molecular weight excluding hydrogens is 275 g/mol. The van der Waals surface area contributed by atoms with Crippen LogP contribution >= 0.6 is 11.6 Å². The maximum atomic E-state index is 13.9. The van der Waals surface area contributed by atoms with Crippen LogP contribution in [0.3, 0.4) is 0 Å². The van der Waals surface area contributed by atoms with Gasteiger partial charge in [0.1, 0.15) is 5.82 Å². The Kier molecular flexibility index (Phi) is 2.61. The number of fused-ring (bicyclic) bond motifs is 5. The minimum Gasteiger partial charge on any atom is -0.206 e. The van der Waals surface area contributed by atoms with Gasteiger partial charge in [-0.1, -0.05) is 12.1 Å². The first kappa shape index (κ1) is 12.3. The summed E-state index contributed by atoms with van der Waals surface area (Å²) >= 11 is 6.17. The summed E-state index contributed by atoms with van der Waals surface area (Å²) in [6, 6.07) is 8.72. The van der Waals surface area contributed by atoms with Gasteiger partial charge in [0.05, 0.1) is 11.4 Å². The summed E-state index contributed by atoms with van der Waals surface area (Å²) in [4.78, 5) is 0. The molecule has 1 fully saturated rings. The minimum absolute atomic E-state index is 0.0162. The summed E-state index contributed by atoms with van der Waals surface area (Å²) in [6.45, 7) is 0. The smallest absolute Gasteiger partial charge is 0.132 e. The first-order valence-corrected chi connectivity index (χ1v) is 7.46. The van der Waals surface area contributed by atoms with Crippen LogP contribution in [0.2, 0.25) is 0 Å². The molecule has 2 aromatic rings. The Morgan fingerprint density at radius 3 is 2.95 bits per heavy atom.